The number of benzene rings is 5. The van der Waals surface area contributed by atoms with Gasteiger partial charge in [-0.1, -0.05) is 88.7 Å². The van der Waals surface area contributed by atoms with E-state index in [4.69, 9.17) is 19.2 Å². The molecule has 45 heavy (non-hydrogen) atoms. The molecule has 0 aromatic heterocycles. The molecule has 224 valence electrons. The van der Waals surface area contributed by atoms with Gasteiger partial charge in [0.05, 0.1) is 23.4 Å². The van der Waals surface area contributed by atoms with Gasteiger partial charge in [-0.25, -0.2) is 4.99 Å². The number of aliphatic imine (C=N–C) groups is 1. The van der Waals surface area contributed by atoms with Crippen molar-refractivity contribution >= 4 is 56.2 Å². The summed E-state index contributed by atoms with van der Waals surface area (Å²) in [5.41, 5.74) is 4.29. The highest BCUT2D eigenvalue weighted by Gasteiger charge is 2.35. The molecule has 6 nitrogen and oxygen atoms in total. The Balaban J connectivity index is 1.23. The molecule has 1 aliphatic heterocycles. The van der Waals surface area contributed by atoms with Crippen molar-refractivity contribution < 1.29 is 19.0 Å². The summed E-state index contributed by atoms with van der Waals surface area (Å²) in [6.45, 7) is 0.741. The molecule has 1 aliphatic rings. The molecule has 0 radical (unpaired) electrons. The molecule has 0 bridgehead atoms. The van der Waals surface area contributed by atoms with Gasteiger partial charge in [0.25, 0.3) is 5.91 Å². The van der Waals surface area contributed by atoms with Crippen molar-refractivity contribution in [1.29, 1.82) is 0 Å². The predicted octanol–water partition coefficient (Wildman–Crippen LogP) is 9.42. The fourth-order valence-electron chi connectivity index (χ4n) is 4.69. The van der Waals surface area contributed by atoms with Gasteiger partial charge in [0.2, 0.25) is 0 Å². The SMILES string of the molecule is COc1cc(COc2ccc(Br)cc2/C=C2/SC(=Nc3ccccc3)N(c3ccccc3)C2=O)ccc1OCc1ccccc1. The van der Waals surface area contributed by atoms with Crippen molar-refractivity contribution in [3.05, 3.63) is 153 Å². The molecule has 0 saturated carbocycles. The number of thioether (sulfide) groups is 1. The zero-order chi connectivity index (χ0) is 31.0. The highest BCUT2D eigenvalue weighted by molar-refractivity contribution is 9.10. The van der Waals surface area contributed by atoms with Gasteiger partial charge in [0, 0.05) is 10.0 Å². The quantitative estimate of drug-likeness (QED) is 0.138. The van der Waals surface area contributed by atoms with E-state index in [0.29, 0.717) is 40.5 Å². The lowest BCUT2D eigenvalue weighted by atomic mass is 10.1. The third-order valence-corrected chi connectivity index (χ3v) is 8.38. The molecule has 8 heteroatoms. The van der Waals surface area contributed by atoms with Crippen LogP contribution in [-0.2, 0) is 18.0 Å². The zero-order valence-corrected chi connectivity index (χ0v) is 26.8. The van der Waals surface area contributed by atoms with E-state index in [2.05, 4.69) is 15.9 Å². The molecule has 0 aliphatic carbocycles. The van der Waals surface area contributed by atoms with E-state index < -0.39 is 0 Å². The van der Waals surface area contributed by atoms with Gasteiger partial charge < -0.3 is 14.2 Å². The maximum absolute atomic E-state index is 13.8. The van der Waals surface area contributed by atoms with Crippen LogP contribution in [0.3, 0.4) is 0 Å². The molecule has 1 heterocycles. The van der Waals surface area contributed by atoms with Gasteiger partial charge in [0.1, 0.15) is 19.0 Å². The number of amides is 1. The number of methoxy groups -OCH3 is 1. The molecule has 5 aromatic carbocycles. The zero-order valence-electron chi connectivity index (χ0n) is 24.4. The van der Waals surface area contributed by atoms with Gasteiger partial charge in [-0.3, -0.25) is 9.69 Å². The van der Waals surface area contributed by atoms with Crippen molar-refractivity contribution in [1.82, 2.24) is 0 Å². The highest BCUT2D eigenvalue weighted by Crippen LogP contribution is 2.39. The normalized spacial score (nSPS) is 14.6. The fraction of sp³-hybridized carbons (Fsp3) is 0.0811. The second kappa shape index (κ2) is 14.3. The summed E-state index contributed by atoms with van der Waals surface area (Å²) >= 11 is 4.91. The lowest BCUT2D eigenvalue weighted by Gasteiger charge is -2.15. The summed E-state index contributed by atoms with van der Waals surface area (Å²) in [5.74, 6) is 1.78. The Morgan fingerprint density at radius 3 is 2.11 bits per heavy atom. The molecular formula is C37H29BrN2O4S. The second-order valence-corrected chi connectivity index (χ2v) is 12.0. The Bertz CT molecular complexity index is 1850. The van der Waals surface area contributed by atoms with E-state index in [9.17, 15) is 4.79 Å². The Morgan fingerprint density at radius 1 is 0.733 bits per heavy atom. The molecule has 5 aromatic rings. The van der Waals surface area contributed by atoms with Crippen molar-refractivity contribution in [2.24, 2.45) is 4.99 Å². The first kappa shape index (κ1) is 30.2. The fourth-order valence-corrected chi connectivity index (χ4v) is 6.06. The predicted molar refractivity (Wildman–Crippen MR) is 185 cm³/mol. The average Bonchev–Trinajstić information content (AvgIpc) is 3.38. The number of carbonyl (C=O) groups excluding carboxylic acids is 1. The van der Waals surface area contributed by atoms with Crippen LogP contribution in [0.2, 0.25) is 0 Å². The molecule has 1 amide bonds. The van der Waals surface area contributed by atoms with Crippen molar-refractivity contribution in [2.45, 2.75) is 13.2 Å². The number of hydrogen-bond acceptors (Lipinski definition) is 6. The summed E-state index contributed by atoms with van der Waals surface area (Å²) in [4.78, 5) is 20.8. The summed E-state index contributed by atoms with van der Waals surface area (Å²) in [5, 5.41) is 0.586. The molecule has 0 atom stereocenters. The number of halogens is 1. The number of carbonyl (C=O) groups is 1. The lowest BCUT2D eigenvalue weighted by molar-refractivity contribution is -0.113. The van der Waals surface area contributed by atoms with E-state index in [1.807, 2.05) is 133 Å². The van der Waals surface area contributed by atoms with E-state index in [-0.39, 0.29) is 5.91 Å². The maximum Gasteiger partial charge on any atom is 0.271 e. The molecular weight excluding hydrogens is 648 g/mol. The van der Waals surface area contributed by atoms with Gasteiger partial charge >= 0.3 is 0 Å². The van der Waals surface area contributed by atoms with Crippen molar-refractivity contribution in [2.75, 3.05) is 12.0 Å². The molecule has 0 N–H and O–H groups in total. The monoisotopic (exact) mass is 676 g/mol. The standard InChI is InChI=1S/C37H29BrN2O4S/c1-42-34-21-27(17-19-33(34)44-24-26-11-5-2-6-12-26)25-43-32-20-18-29(38)22-28(32)23-35-36(41)40(31-15-9-4-10-16-31)37(45-35)39-30-13-7-3-8-14-30/h2-23H,24-25H2,1H3/b35-23+,39-37?. The number of para-hydroxylation sites is 2. The summed E-state index contributed by atoms with van der Waals surface area (Å²) < 4.78 is 18.8. The Morgan fingerprint density at radius 2 is 1.38 bits per heavy atom. The Kier molecular flexibility index (Phi) is 9.63. The van der Waals surface area contributed by atoms with Crippen LogP contribution >= 0.6 is 27.7 Å². The third kappa shape index (κ3) is 7.48. The maximum atomic E-state index is 13.8. The van der Waals surface area contributed by atoms with Gasteiger partial charge in [0.15, 0.2) is 16.7 Å². The highest BCUT2D eigenvalue weighted by atomic mass is 79.9. The van der Waals surface area contributed by atoms with Crippen LogP contribution in [0, 0.1) is 0 Å². The van der Waals surface area contributed by atoms with Gasteiger partial charge in [-0.15, -0.1) is 0 Å². The third-order valence-electron chi connectivity index (χ3n) is 6.92. The minimum Gasteiger partial charge on any atom is -0.493 e. The topological polar surface area (TPSA) is 60.4 Å². The largest absolute Gasteiger partial charge is 0.493 e. The second-order valence-electron chi connectivity index (χ2n) is 10.0. The van der Waals surface area contributed by atoms with E-state index in [1.165, 1.54) is 11.8 Å². The number of hydrogen-bond donors (Lipinski definition) is 0. The van der Waals surface area contributed by atoms with E-state index in [0.717, 1.165) is 32.5 Å². The summed E-state index contributed by atoms with van der Waals surface area (Å²) in [7, 11) is 1.62. The van der Waals surface area contributed by atoms with Crippen LogP contribution in [0.5, 0.6) is 17.2 Å². The number of anilines is 1. The number of ether oxygens (including phenoxy) is 3. The smallest absolute Gasteiger partial charge is 0.271 e. The molecule has 1 fully saturated rings. The first-order valence-electron chi connectivity index (χ1n) is 14.3. The van der Waals surface area contributed by atoms with Crippen LogP contribution in [-0.4, -0.2) is 18.2 Å². The molecule has 0 unspecified atom stereocenters. The summed E-state index contributed by atoms with van der Waals surface area (Å²) in [6.07, 6.45) is 1.86. The minimum absolute atomic E-state index is 0.150. The van der Waals surface area contributed by atoms with Gasteiger partial charge in [-0.2, -0.15) is 0 Å². The molecule has 1 saturated heterocycles. The first-order chi connectivity index (χ1) is 22.1. The lowest BCUT2D eigenvalue weighted by Crippen LogP contribution is -2.28. The van der Waals surface area contributed by atoms with Crippen LogP contribution < -0.4 is 19.1 Å². The van der Waals surface area contributed by atoms with Crippen LogP contribution in [0.4, 0.5) is 11.4 Å². The van der Waals surface area contributed by atoms with E-state index >= 15 is 0 Å². The van der Waals surface area contributed by atoms with Crippen LogP contribution in [0.1, 0.15) is 16.7 Å². The van der Waals surface area contributed by atoms with Crippen molar-refractivity contribution in [3.8, 4) is 17.2 Å². The number of nitrogens with zero attached hydrogens (tertiary/aromatic N) is 2. The minimum atomic E-state index is -0.150. The number of amidine groups is 1. The van der Waals surface area contributed by atoms with Crippen LogP contribution in [0.25, 0.3) is 6.08 Å². The molecule has 0 spiro atoms. The number of rotatable bonds is 10. The van der Waals surface area contributed by atoms with Crippen LogP contribution in [0.15, 0.2) is 142 Å². The van der Waals surface area contributed by atoms with E-state index in [1.54, 1.807) is 12.0 Å². The summed E-state index contributed by atoms with van der Waals surface area (Å²) in [6, 6.07) is 40.7. The Hall–Kier alpha value is -4.79. The first-order valence-corrected chi connectivity index (χ1v) is 15.9. The van der Waals surface area contributed by atoms with Crippen molar-refractivity contribution in [3.63, 3.8) is 0 Å². The Labute approximate surface area is 275 Å². The molecule has 6 rings (SSSR count). The average molecular weight is 678 g/mol. The van der Waals surface area contributed by atoms with Gasteiger partial charge in [-0.05, 0) is 83.6 Å².